The number of nitrogens with zero attached hydrogens (tertiary/aromatic N) is 1. The number of hydrogen-bond acceptors (Lipinski definition) is 4. The van der Waals surface area contributed by atoms with Crippen LogP contribution in [0.1, 0.15) is 41.5 Å². The number of ether oxygens (including phenoxy) is 1. The zero-order valence-corrected chi connectivity index (χ0v) is 14.1. The fraction of sp³-hybridized carbons (Fsp3) is 0.750. The molecule has 1 aliphatic heterocycles. The average Bonchev–Trinajstić information content (AvgIpc) is 2.08. The normalized spacial score (nSPS) is 17.8. The van der Waals surface area contributed by atoms with Crippen LogP contribution in [-0.4, -0.2) is 45.8 Å². The van der Waals surface area contributed by atoms with E-state index in [0.29, 0.717) is 6.61 Å². The van der Waals surface area contributed by atoms with Crippen LogP contribution in [-0.2, 0) is 39.5 Å². The number of aliphatic carboxylic acids is 2. The van der Waals surface area contributed by atoms with E-state index in [0.717, 1.165) is 13.8 Å². The first-order chi connectivity index (χ1) is 8.30. The first kappa shape index (κ1) is 24.1. The van der Waals surface area contributed by atoms with Crippen molar-refractivity contribution in [2.45, 2.75) is 52.6 Å². The molecule has 122 valence electrons. The van der Waals surface area contributed by atoms with Gasteiger partial charge >= 0.3 is 0 Å². The number of carbonyl (C=O) groups excluding carboxylic acids is 1. The van der Waals surface area contributed by atoms with Crippen LogP contribution in [0.15, 0.2) is 0 Å². The molecule has 2 N–H and O–H groups in total. The molecular formula is C12H22NO6Pd-. The van der Waals surface area contributed by atoms with E-state index in [2.05, 4.69) is 5.32 Å². The van der Waals surface area contributed by atoms with Crippen LogP contribution < -0.4 is 0 Å². The summed E-state index contributed by atoms with van der Waals surface area (Å²) in [4.78, 5) is 29.1. The van der Waals surface area contributed by atoms with Crippen molar-refractivity contribution in [1.82, 2.24) is 0 Å². The van der Waals surface area contributed by atoms with E-state index in [9.17, 15) is 4.79 Å². The van der Waals surface area contributed by atoms with E-state index >= 15 is 0 Å². The molecule has 1 heterocycles. The van der Waals surface area contributed by atoms with Gasteiger partial charge in [0.25, 0.3) is 17.9 Å². The molecule has 8 heteroatoms. The predicted octanol–water partition coefficient (Wildman–Crippen LogP) is 1.65. The van der Waals surface area contributed by atoms with Crippen molar-refractivity contribution >= 4 is 17.9 Å². The first-order valence-electron chi connectivity index (χ1n) is 5.60. The van der Waals surface area contributed by atoms with Gasteiger partial charge in [-0.15, -0.1) is 0 Å². The van der Waals surface area contributed by atoms with Gasteiger partial charge in [0.2, 0.25) is 0 Å². The van der Waals surface area contributed by atoms with Gasteiger partial charge in [0.15, 0.2) is 0 Å². The number of carbonyl (C=O) groups is 3. The van der Waals surface area contributed by atoms with Crippen molar-refractivity contribution in [3.8, 4) is 0 Å². The molecule has 0 aromatic carbocycles. The Bertz CT molecular complexity index is 321. The second kappa shape index (κ2) is 9.86. The topological polar surface area (TPSA) is 115 Å². The van der Waals surface area contributed by atoms with Gasteiger partial charge in [0, 0.05) is 34.3 Å². The minimum atomic E-state index is -0.833. The maximum atomic E-state index is 11.1. The van der Waals surface area contributed by atoms with Crippen molar-refractivity contribution < 1.29 is 49.8 Å². The molecule has 1 saturated heterocycles. The van der Waals surface area contributed by atoms with Crippen LogP contribution in [0.2, 0.25) is 0 Å². The summed E-state index contributed by atoms with van der Waals surface area (Å²) < 4.78 is 4.98. The summed E-state index contributed by atoms with van der Waals surface area (Å²) in [5.74, 6) is -1.89. The Morgan fingerprint density at radius 1 is 1.10 bits per heavy atom. The van der Waals surface area contributed by atoms with E-state index in [1.165, 1.54) is 0 Å². The molecular weight excluding hydrogens is 361 g/mol. The van der Waals surface area contributed by atoms with E-state index in [4.69, 9.17) is 24.5 Å². The molecule has 0 atom stereocenters. The van der Waals surface area contributed by atoms with Crippen LogP contribution in [0.25, 0.3) is 5.32 Å². The van der Waals surface area contributed by atoms with E-state index < -0.39 is 17.5 Å². The molecule has 0 aliphatic carbocycles. The molecule has 7 nitrogen and oxygen atoms in total. The smallest absolute Gasteiger partial charge is 0.300 e. The monoisotopic (exact) mass is 382 g/mol. The van der Waals surface area contributed by atoms with Crippen LogP contribution in [0.4, 0.5) is 0 Å². The minimum Gasteiger partial charge on any atom is -0.640 e. The summed E-state index contributed by atoms with van der Waals surface area (Å²) in [5, 5.41) is 19.2. The summed E-state index contributed by atoms with van der Waals surface area (Å²) in [5.41, 5.74) is -0.890. The summed E-state index contributed by atoms with van der Waals surface area (Å²) in [6, 6.07) is 0. The number of carboxylic acid groups (broad SMARTS) is 2. The van der Waals surface area contributed by atoms with Crippen LogP contribution >= 0.6 is 0 Å². The van der Waals surface area contributed by atoms with Crippen LogP contribution in [0.5, 0.6) is 0 Å². The molecule has 1 aliphatic rings. The zero-order valence-electron chi connectivity index (χ0n) is 12.5. The third kappa shape index (κ3) is 15.1. The van der Waals surface area contributed by atoms with E-state index in [1.807, 2.05) is 13.8 Å². The molecule has 20 heavy (non-hydrogen) atoms. The van der Waals surface area contributed by atoms with E-state index in [-0.39, 0.29) is 31.9 Å². The average molecular weight is 383 g/mol. The molecule has 0 bridgehead atoms. The second-order valence-electron chi connectivity index (χ2n) is 5.10. The zero-order chi connectivity index (χ0) is 15.9. The Balaban J connectivity index is -0.000000272. The predicted molar refractivity (Wildman–Crippen MR) is 69.1 cm³/mol. The number of morpholine rings is 1. The third-order valence-corrected chi connectivity index (χ3v) is 1.64. The third-order valence-electron chi connectivity index (χ3n) is 1.64. The van der Waals surface area contributed by atoms with Crippen molar-refractivity contribution in [3.05, 3.63) is 5.32 Å². The van der Waals surface area contributed by atoms with Gasteiger partial charge in [-0.05, 0) is 5.54 Å². The van der Waals surface area contributed by atoms with Gasteiger partial charge in [-0.1, -0.05) is 33.2 Å². The molecule has 1 fully saturated rings. The second-order valence-corrected chi connectivity index (χ2v) is 5.10. The van der Waals surface area contributed by atoms with E-state index in [1.54, 1.807) is 13.8 Å². The number of esters is 1. The molecule has 0 aromatic rings. The molecule has 0 unspecified atom stereocenters. The molecule has 0 spiro atoms. The van der Waals surface area contributed by atoms with Gasteiger partial charge in [-0.2, -0.15) is 0 Å². The number of cyclic esters (lactones) is 1. The summed E-state index contributed by atoms with van der Waals surface area (Å²) >= 11 is 0. The molecule has 0 aromatic heterocycles. The number of hydrogen-bond donors (Lipinski definition) is 2. The van der Waals surface area contributed by atoms with Gasteiger partial charge < -0.3 is 20.3 Å². The largest absolute Gasteiger partial charge is 0.640 e. The van der Waals surface area contributed by atoms with Gasteiger partial charge in [0.05, 0.1) is 6.61 Å². The van der Waals surface area contributed by atoms with Crippen LogP contribution in [0, 0.1) is 0 Å². The SMILES string of the molecule is CC(=O)O.CC(=O)O.CC1(C)COC(=O)C(C)(C)[N-]1.[Pd]. The first-order valence-corrected chi connectivity index (χ1v) is 5.60. The number of carboxylic acids is 2. The molecule has 0 saturated carbocycles. The van der Waals surface area contributed by atoms with Crippen molar-refractivity contribution in [1.29, 1.82) is 0 Å². The summed E-state index contributed by atoms with van der Waals surface area (Å²) in [6.07, 6.45) is 0. The summed E-state index contributed by atoms with van der Waals surface area (Å²) in [7, 11) is 0. The molecule has 1 rings (SSSR count). The van der Waals surface area contributed by atoms with Crippen LogP contribution in [0.3, 0.4) is 0 Å². The Labute approximate surface area is 132 Å². The quantitative estimate of drug-likeness (QED) is 0.486. The van der Waals surface area contributed by atoms with Gasteiger partial charge in [-0.25, -0.2) is 0 Å². The van der Waals surface area contributed by atoms with Gasteiger partial charge in [-0.3, -0.25) is 14.4 Å². The Kier molecular flexibility index (Phi) is 11.9. The van der Waals surface area contributed by atoms with Crippen molar-refractivity contribution in [2.75, 3.05) is 6.61 Å². The van der Waals surface area contributed by atoms with Gasteiger partial charge in [0.1, 0.15) is 0 Å². The van der Waals surface area contributed by atoms with Crippen molar-refractivity contribution in [3.63, 3.8) is 0 Å². The Morgan fingerprint density at radius 3 is 1.60 bits per heavy atom. The summed E-state index contributed by atoms with van der Waals surface area (Å²) in [6.45, 7) is 10.0. The number of rotatable bonds is 0. The fourth-order valence-corrected chi connectivity index (χ4v) is 1.25. The maximum absolute atomic E-state index is 11.1. The fourth-order valence-electron chi connectivity index (χ4n) is 1.25. The molecule has 0 amide bonds. The Hall–Kier alpha value is -0.968. The Morgan fingerprint density at radius 2 is 1.40 bits per heavy atom. The minimum absolute atomic E-state index is 0. The maximum Gasteiger partial charge on any atom is 0.300 e. The molecule has 0 radical (unpaired) electrons. The standard InChI is InChI=1S/C8H14NO2.2C2H4O2.Pd/c1-7(2)5-11-6(10)8(3,4)9-7;2*1-2(3)4;/h5H2,1-4H3;2*1H3,(H,3,4);/q-1;;;. The van der Waals surface area contributed by atoms with Crippen molar-refractivity contribution in [2.24, 2.45) is 0 Å².